The van der Waals surface area contributed by atoms with E-state index in [0.29, 0.717) is 12.0 Å². The summed E-state index contributed by atoms with van der Waals surface area (Å²) >= 11 is 0. The van der Waals surface area contributed by atoms with Gasteiger partial charge < -0.3 is 5.32 Å². The fourth-order valence-corrected chi connectivity index (χ4v) is 2.58. The Morgan fingerprint density at radius 2 is 2.47 bits per heavy atom. The number of hydrogen-bond acceptors (Lipinski definition) is 3. The molecule has 3 nitrogen and oxygen atoms in total. The molecule has 0 spiro atoms. The molecule has 0 aliphatic carbocycles. The third-order valence-corrected chi connectivity index (χ3v) is 3.27. The highest BCUT2D eigenvalue weighted by Gasteiger charge is 2.32. The van der Waals surface area contributed by atoms with Crippen molar-refractivity contribution < 1.29 is 0 Å². The van der Waals surface area contributed by atoms with Crippen LogP contribution >= 0.6 is 0 Å². The second-order valence-corrected chi connectivity index (χ2v) is 4.32. The fourth-order valence-electron chi connectivity index (χ4n) is 2.58. The van der Waals surface area contributed by atoms with Crippen LogP contribution in [-0.4, -0.2) is 37.1 Å². The molecule has 0 unspecified atom stereocenters. The maximum Gasteiger partial charge on any atom is 0.0401 e. The number of nitrogens with zero attached hydrogens (tertiary/aromatic N) is 2. The zero-order chi connectivity index (χ0) is 10.7. The van der Waals surface area contributed by atoms with E-state index in [2.05, 4.69) is 28.3 Å². The van der Waals surface area contributed by atoms with E-state index in [0.717, 1.165) is 6.54 Å². The van der Waals surface area contributed by atoms with Crippen LogP contribution in [-0.2, 0) is 0 Å². The van der Waals surface area contributed by atoms with Gasteiger partial charge in [-0.1, -0.05) is 6.07 Å². The summed E-state index contributed by atoms with van der Waals surface area (Å²) in [5.74, 6) is 0.712. The Bertz CT molecular complexity index is 297. The smallest absolute Gasteiger partial charge is 0.0401 e. The molecule has 1 saturated heterocycles. The lowest BCUT2D eigenvalue weighted by Gasteiger charge is -2.25. The summed E-state index contributed by atoms with van der Waals surface area (Å²) in [6, 6.07) is 4.74. The Labute approximate surface area is 91.5 Å². The summed E-state index contributed by atoms with van der Waals surface area (Å²) in [6.45, 7) is 2.27. The molecule has 0 bridgehead atoms. The van der Waals surface area contributed by atoms with Crippen molar-refractivity contribution in [2.24, 2.45) is 5.92 Å². The van der Waals surface area contributed by atoms with E-state index in [1.165, 1.54) is 18.5 Å². The van der Waals surface area contributed by atoms with Gasteiger partial charge in [0.15, 0.2) is 0 Å². The summed E-state index contributed by atoms with van der Waals surface area (Å²) in [5.41, 5.74) is 1.35. The van der Waals surface area contributed by atoms with E-state index < -0.39 is 0 Å². The van der Waals surface area contributed by atoms with Gasteiger partial charge in [-0.05, 0) is 51.2 Å². The molecule has 1 aromatic rings. The van der Waals surface area contributed by atoms with Crippen LogP contribution in [0.15, 0.2) is 24.5 Å². The summed E-state index contributed by atoms with van der Waals surface area (Å²) in [6.07, 6.45) is 5.11. The maximum atomic E-state index is 4.21. The summed E-state index contributed by atoms with van der Waals surface area (Å²) < 4.78 is 0. The molecule has 1 fully saturated rings. The Hall–Kier alpha value is -0.930. The van der Waals surface area contributed by atoms with E-state index in [9.17, 15) is 0 Å². The molecule has 1 aliphatic rings. The number of pyridine rings is 1. The molecular weight excluding hydrogens is 186 g/mol. The van der Waals surface area contributed by atoms with Crippen LogP contribution in [0.5, 0.6) is 0 Å². The summed E-state index contributed by atoms with van der Waals surface area (Å²) in [7, 11) is 4.23. The first-order valence-electron chi connectivity index (χ1n) is 5.57. The third-order valence-electron chi connectivity index (χ3n) is 3.27. The molecule has 15 heavy (non-hydrogen) atoms. The molecule has 0 aromatic carbocycles. The Balaban J connectivity index is 2.17. The van der Waals surface area contributed by atoms with Crippen molar-refractivity contribution in [3.8, 4) is 0 Å². The van der Waals surface area contributed by atoms with E-state index in [1.54, 1.807) is 0 Å². The molecule has 0 amide bonds. The Kier molecular flexibility index (Phi) is 3.34. The Morgan fingerprint density at radius 3 is 3.13 bits per heavy atom. The van der Waals surface area contributed by atoms with Crippen molar-refractivity contribution in [3.63, 3.8) is 0 Å². The standard InChI is InChI=1S/C12H19N3/c1-13-8-11-5-7-15(2)12(11)10-4-3-6-14-9-10/h3-4,6,9,11-13H,5,7-8H2,1-2H3/t11-,12+/m0/s1. The highest BCUT2D eigenvalue weighted by molar-refractivity contribution is 5.16. The van der Waals surface area contributed by atoms with E-state index in [1.807, 2.05) is 25.5 Å². The second kappa shape index (κ2) is 4.73. The number of aromatic nitrogens is 1. The lowest BCUT2D eigenvalue weighted by Crippen LogP contribution is -2.26. The van der Waals surface area contributed by atoms with Crippen LogP contribution in [0.4, 0.5) is 0 Å². The van der Waals surface area contributed by atoms with Crippen molar-refractivity contribution in [2.45, 2.75) is 12.5 Å². The Morgan fingerprint density at radius 1 is 1.60 bits per heavy atom. The van der Waals surface area contributed by atoms with Gasteiger partial charge >= 0.3 is 0 Å². The largest absolute Gasteiger partial charge is 0.319 e. The number of likely N-dealkylation sites (tertiary alicyclic amines) is 1. The average molecular weight is 205 g/mol. The molecule has 0 saturated carbocycles. The zero-order valence-electron chi connectivity index (χ0n) is 9.48. The van der Waals surface area contributed by atoms with Crippen LogP contribution in [0, 0.1) is 5.92 Å². The first-order chi connectivity index (χ1) is 7.33. The van der Waals surface area contributed by atoms with Gasteiger partial charge in [-0.3, -0.25) is 9.88 Å². The predicted molar refractivity (Wildman–Crippen MR) is 61.6 cm³/mol. The minimum Gasteiger partial charge on any atom is -0.319 e. The van der Waals surface area contributed by atoms with Crippen molar-refractivity contribution in [1.29, 1.82) is 0 Å². The molecular formula is C12H19N3. The summed E-state index contributed by atoms with van der Waals surface area (Å²) in [5, 5.41) is 3.28. The van der Waals surface area contributed by atoms with Crippen LogP contribution in [0.2, 0.25) is 0 Å². The predicted octanol–water partition coefficient (Wildman–Crippen LogP) is 1.29. The van der Waals surface area contributed by atoms with Gasteiger partial charge in [-0.25, -0.2) is 0 Å². The minimum atomic E-state index is 0.533. The number of hydrogen-bond donors (Lipinski definition) is 1. The van der Waals surface area contributed by atoms with Gasteiger partial charge in [0.2, 0.25) is 0 Å². The van der Waals surface area contributed by atoms with E-state index in [-0.39, 0.29) is 0 Å². The van der Waals surface area contributed by atoms with Crippen molar-refractivity contribution in [2.75, 3.05) is 27.2 Å². The lowest BCUT2D eigenvalue weighted by atomic mass is 9.95. The quantitative estimate of drug-likeness (QED) is 0.806. The van der Waals surface area contributed by atoms with Gasteiger partial charge in [-0.15, -0.1) is 0 Å². The van der Waals surface area contributed by atoms with Crippen molar-refractivity contribution >= 4 is 0 Å². The summed E-state index contributed by atoms with van der Waals surface area (Å²) in [4.78, 5) is 6.64. The molecule has 2 heterocycles. The topological polar surface area (TPSA) is 28.2 Å². The number of rotatable bonds is 3. The molecule has 1 N–H and O–H groups in total. The van der Waals surface area contributed by atoms with E-state index in [4.69, 9.17) is 0 Å². The van der Waals surface area contributed by atoms with Crippen LogP contribution in [0.1, 0.15) is 18.0 Å². The van der Waals surface area contributed by atoms with E-state index >= 15 is 0 Å². The number of nitrogens with one attached hydrogen (secondary N) is 1. The van der Waals surface area contributed by atoms with Crippen molar-refractivity contribution in [1.82, 2.24) is 15.2 Å². The highest BCUT2D eigenvalue weighted by atomic mass is 15.2. The van der Waals surface area contributed by atoms with Gasteiger partial charge in [0, 0.05) is 18.4 Å². The molecule has 0 radical (unpaired) electrons. The fraction of sp³-hybridized carbons (Fsp3) is 0.583. The molecule has 1 aliphatic heterocycles. The van der Waals surface area contributed by atoms with Gasteiger partial charge in [0.1, 0.15) is 0 Å². The monoisotopic (exact) mass is 205 g/mol. The molecule has 1 aromatic heterocycles. The van der Waals surface area contributed by atoms with Crippen LogP contribution < -0.4 is 5.32 Å². The first-order valence-corrected chi connectivity index (χ1v) is 5.57. The maximum absolute atomic E-state index is 4.21. The SMILES string of the molecule is CNC[C@@H]1CCN(C)[C@@H]1c1cccnc1. The van der Waals surface area contributed by atoms with Crippen LogP contribution in [0.25, 0.3) is 0 Å². The normalized spacial score (nSPS) is 27.1. The second-order valence-electron chi connectivity index (χ2n) is 4.32. The molecule has 82 valence electrons. The third kappa shape index (κ3) is 2.19. The van der Waals surface area contributed by atoms with Crippen LogP contribution in [0.3, 0.4) is 0 Å². The molecule has 2 atom stereocenters. The molecule has 3 heteroatoms. The highest BCUT2D eigenvalue weighted by Crippen LogP contribution is 2.34. The lowest BCUT2D eigenvalue weighted by molar-refractivity contribution is 0.274. The average Bonchev–Trinajstić information content (AvgIpc) is 2.62. The van der Waals surface area contributed by atoms with Gasteiger partial charge in [0.25, 0.3) is 0 Å². The zero-order valence-corrected chi connectivity index (χ0v) is 9.48. The van der Waals surface area contributed by atoms with Crippen molar-refractivity contribution in [3.05, 3.63) is 30.1 Å². The molecule has 2 rings (SSSR count). The van der Waals surface area contributed by atoms with Gasteiger partial charge in [-0.2, -0.15) is 0 Å². The first kappa shape index (κ1) is 10.6. The minimum absolute atomic E-state index is 0.533. The van der Waals surface area contributed by atoms with Gasteiger partial charge in [0.05, 0.1) is 0 Å².